The van der Waals surface area contributed by atoms with Crippen molar-refractivity contribution < 1.29 is 4.79 Å². The van der Waals surface area contributed by atoms with Crippen molar-refractivity contribution in [2.45, 2.75) is 63.8 Å². The Morgan fingerprint density at radius 2 is 2.27 bits per heavy atom. The molecule has 0 aromatic carbocycles. The first-order valence-corrected chi connectivity index (χ1v) is 9.54. The predicted molar refractivity (Wildman–Crippen MR) is 90.0 cm³/mol. The van der Waals surface area contributed by atoms with Gasteiger partial charge in [-0.15, -0.1) is 11.3 Å². The van der Waals surface area contributed by atoms with Crippen molar-refractivity contribution in [1.29, 1.82) is 0 Å². The fourth-order valence-electron chi connectivity index (χ4n) is 3.76. The number of thiazole rings is 1. The molecule has 1 amide bonds. The molecule has 1 aromatic rings. The first kappa shape index (κ1) is 15.9. The van der Waals surface area contributed by atoms with Crippen LogP contribution >= 0.6 is 11.3 Å². The van der Waals surface area contributed by atoms with Gasteiger partial charge >= 0.3 is 0 Å². The van der Waals surface area contributed by atoms with E-state index in [1.165, 1.54) is 10.7 Å². The third-order valence-electron chi connectivity index (χ3n) is 5.08. The smallest absolute Gasteiger partial charge is 0.225 e. The van der Waals surface area contributed by atoms with Gasteiger partial charge in [0, 0.05) is 36.3 Å². The van der Waals surface area contributed by atoms with Crippen LogP contribution in [0.4, 0.5) is 0 Å². The molecule has 3 rings (SSSR count). The Morgan fingerprint density at radius 1 is 1.41 bits per heavy atom. The number of nitrogens with two attached hydrogens (primary N) is 1. The highest BCUT2D eigenvalue weighted by Crippen LogP contribution is 2.32. The minimum absolute atomic E-state index is 0.157. The fourth-order valence-corrected chi connectivity index (χ4v) is 4.79. The normalized spacial score (nSPS) is 29.5. The molecule has 1 saturated heterocycles. The van der Waals surface area contributed by atoms with Crippen molar-refractivity contribution in [3.63, 3.8) is 0 Å². The van der Waals surface area contributed by atoms with Crippen LogP contribution < -0.4 is 5.73 Å². The van der Waals surface area contributed by atoms with Crippen LogP contribution in [0.5, 0.6) is 0 Å². The number of hydrogen-bond acceptors (Lipinski definition) is 4. The van der Waals surface area contributed by atoms with Gasteiger partial charge in [0.2, 0.25) is 5.91 Å². The van der Waals surface area contributed by atoms with Crippen molar-refractivity contribution in [1.82, 2.24) is 9.88 Å². The molecule has 2 fully saturated rings. The van der Waals surface area contributed by atoms with Gasteiger partial charge in [-0.05, 0) is 38.5 Å². The molecule has 1 aliphatic carbocycles. The highest BCUT2D eigenvalue weighted by atomic mass is 32.1. The van der Waals surface area contributed by atoms with Crippen LogP contribution in [-0.4, -0.2) is 34.9 Å². The molecule has 22 heavy (non-hydrogen) atoms. The molecule has 3 unspecified atom stereocenters. The number of carbonyl (C=O) groups is 1. The van der Waals surface area contributed by atoms with Gasteiger partial charge in [0.25, 0.3) is 0 Å². The number of amides is 1. The van der Waals surface area contributed by atoms with Gasteiger partial charge in [0.1, 0.15) is 0 Å². The van der Waals surface area contributed by atoms with E-state index in [9.17, 15) is 4.79 Å². The van der Waals surface area contributed by atoms with Gasteiger partial charge in [-0.3, -0.25) is 4.79 Å². The van der Waals surface area contributed by atoms with E-state index in [-0.39, 0.29) is 12.0 Å². The topological polar surface area (TPSA) is 59.2 Å². The minimum Gasteiger partial charge on any atom is -0.342 e. The summed E-state index contributed by atoms with van der Waals surface area (Å²) in [5.74, 6) is 0.928. The van der Waals surface area contributed by atoms with E-state index in [1.807, 2.05) is 0 Å². The summed E-state index contributed by atoms with van der Waals surface area (Å²) in [4.78, 5) is 19.6. The van der Waals surface area contributed by atoms with Gasteiger partial charge in [0.05, 0.1) is 10.7 Å². The average molecular weight is 321 g/mol. The predicted octanol–water partition coefficient (Wildman–Crippen LogP) is 2.93. The monoisotopic (exact) mass is 321 g/mol. The maximum Gasteiger partial charge on any atom is 0.225 e. The SMILES string of the molecule is CCc1csc(C2CCCN(C(=O)C3CCCC(N)C3)C2)n1. The van der Waals surface area contributed by atoms with Crippen LogP contribution in [-0.2, 0) is 11.2 Å². The second kappa shape index (κ2) is 7.09. The van der Waals surface area contributed by atoms with Gasteiger partial charge < -0.3 is 10.6 Å². The summed E-state index contributed by atoms with van der Waals surface area (Å²) in [6.07, 6.45) is 7.31. The lowest BCUT2D eigenvalue weighted by molar-refractivity contribution is -0.138. The van der Waals surface area contributed by atoms with E-state index < -0.39 is 0 Å². The van der Waals surface area contributed by atoms with Crippen molar-refractivity contribution >= 4 is 17.2 Å². The minimum atomic E-state index is 0.157. The lowest BCUT2D eigenvalue weighted by Crippen LogP contribution is -2.44. The second-order valence-corrected chi connectivity index (χ2v) is 7.67. The van der Waals surface area contributed by atoms with E-state index in [2.05, 4.69) is 17.2 Å². The summed E-state index contributed by atoms with van der Waals surface area (Å²) < 4.78 is 0. The standard InChI is InChI=1S/C17H27N3OS/c1-2-15-11-22-16(19-15)13-6-4-8-20(10-13)17(21)12-5-3-7-14(18)9-12/h11-14H,2-10,18H2,1H3. The molecule has 3 atom stereocenters. The Balaban J connectivity index is 1.63. The summed E-state index contributed by atoms with van der Waals surface area (Å²) in [6.45, 7) is 3.90. The van der Waals surface area contributed by atoms with Crippen LogP contribution in [0.1, 0.15) is 62.1 Å². The largest absolute Gasteiger partial charge is 0.342 e. The first-order chi connectivity index (χ1) is 10.7. The molecular formula is C17H27N3OS. The number of hydrogen-bond donors (Lipinski definition) is 1. The van der Waals surface area contributed by atoms with Crippen LogP contribution in [0.2, 0.25) is 0 Å². The quantitative estimate of drug-likeness (QED) is 0.931. The van der Waals surface area contributed by atoms with Crippen molar-refractivity contribution in [2.24, 2.45) is 11.7 Å². The van der Waals surface area contributed by atoms with Crippen molar-refractivity contribution in [3.8, 4) is 0 Å². The zero-order chi connectivity index (χ0) is 15.5. The second-order valence-electron chi connectivity index (χ2n) is 6.78. The zero-order valence-electron chi connectivity index (χ0n) is 13.5. The van der Waals surface area contributed by atoms with Crippen molar-refractivity contribution in [3.05, 3.63) is 16.1 Å². The summed E-state index contributed by atoms with van der Waals surface area (Å²) >= 11 is 1.76. The van der Waals surface area contributed by atoms with Gasteiger partial charge in [0.15, 0.2) is 0 Å². The van der Waals surface area contributed by atoms with Crippen LogP contribution in [0.15, 0.2) is 5.38 Å². The van der Waals surface area contributed by atoms with Crippen LogP contribution in [0.3, 0.4) is 0 Å². The molecule has 1 aromatic heterocycles. The number of rotatable bonds is 3. The molecule has 4 nitrogen and oxygen atoms in total. The first-order valence-electron chi connectivity index (χ1n) is 8.66. The lowest BCUT2D eigenvalue weighted by atomic mass is 9.84. The Bertz CT molecular complexity index is 516. The third kappa shape index (κ3) is 3.51. The molecule has 2 N–H and O–H groups in total. The Hall–Kier alpha value is -0.940. The van der Waals surface area contributed by atoms with E-state index in [4.69, 9.17) is 10.7 Å². The molecule has 0 spiro atoms. The summed E-state index contributed by atoms with van der Waals surface area (Å²) in [7, 11) is 0. The Morgan fingerprint density at radius 3 is 3.00 bits per heavy atom. The van der Waals surface area contributed by atoms with E-state index in [0.29, 0.717) is 11.8 Å². The molecule has 1 saturated carbocycles. The fraction of sp³-hybridized carbons (Fsp3) is 0.765. The van der Waals surface area contributed by atoms with E-state index >= 15 is 0 Å². The molecular weight excluding hydrogens is 294 g/mol. The van der Waals surface area contributed by atoms with Crippen LogP contribution in [0, 0.1) is 5.92 Å². The molecule has 1 aliphatic heterocycles. The molecule has 5 heteroatoms. The number of aryl methyl sites for hydroxylation is 1. The third-order valence-corrected chi connectivity index (χ3v) is 6.13. The lowest BCUT2D eigenvalue weighted by Gasteiger charge is -2.36. The van der Waals surface area contributed by atoms with Gasteiger partial charge in [-0.2, -0.15) is 0 Å². The van der Waals surface area contributed by atoms with E-state index in [1.54, 1.807) is 11.3 Å². The van der Waals surface area contributed by atoms with E-state index in [0.717, 1.165) is 58.0 Å². The summed E-state index contributed by atoms with van der Waals surface area (Å²) in [6, 6.07) is 0.217. The maximum absolute atomic E-state index is 12.8. The number of likely N-dealkylation sites (tertiary alicyclic amines) is 1. The highest BCUT2D eigenvalue weighted by molar-refractivity contribution is 7.09. The van der Waals surface area contributed by atoms with Crippen molar-refractivity contribution in [2.75, 3.05) is 13.1 Å². The van der Waals surface area contributed by atoms with Gasteiger partial charge in [-0.1, -0.05) is 13.3 Å². The Labute approximate surface area is 137 Å². The van der Waals surface area contributed by atoms with Gasteiger partial charge in [-0.25, -0.2) is 4.98 Å². The van der Waals surface area contributed by atoms with Crippen LogP contribution in [0.25, 0.3) is 0 Å². The maximum atomic E-state index is 12.8. The molecule has 2 aliphatic rings. The average Bonchev–Trinajstić information content (AvgIpc) is 3.03. The number of piperidine rings is 1. The Kier molecular flexibility index (Phi) is 5.14. The molecule has 0 bridgehead atoms. The molecule has 0 radical (unpaired) electrons. The highest BCUT2D eigenvalue weighted by Gasteiger charge is 2.32. The number of nitrogens with zero attached hydrogens (tertiary/aromatic N) is 2. The zero-order valence-corrected chi connectivity index (χ0v) is 14.3. The summed E-state index contributed by atoms with van der Waals surface area (Å²) in [5, 5.41) is 3.38. The number of carbonyl (C=O) groups excluding carboxylic acids is 1. The summed E-state index contributed by atoms with van der Waals surface area (Å²) in [5.41, 5.74) is 7.23. The molecule has 122 valence electrons. The molecule has 2 heterocycles. The number of aromatic nitrogens is 1.